The van der Waals surface area contributed by atoms with Crippen molar-refractivity contribution in [3.63, 3.8) is 0 Å². The Morgan fingerprint density at radius 2 is 2.00 bits per heavy atom. The maximum absolute atomic E-state index is 11.2. The zero-order valence-corrected chi connectivity index (χ0v) is 9.66. The summed E-state index contributed by atoms with van der Waals surface area (Å²) in [6, 6.07) is 6.92. The molecule has 0 saturated heterocycles. The van der Waals surface area contributed by atoms with Crippen molar-refractivity contribution in [2.45, 2.75) is 26.3 Å². The van der Waals surface area contributed by atoms with E-state index in [1.807, 2.05) is 26.0 Å². The lowest BCUT2D eigenvalue weighted by Crippen LogP contribution is -2.41. The van der Waals surface area contributed by atoms with E-state index in [0.717, 1.165) is 12.0 Å². The highest BCUT2D eigenvalue weighted by molar-refractivity contribution is 5.74. The summed E-state index contributed by atoms with van der Waals surface area (Å²) in [6.07, 6.45) is 0.747. The highest BCUT2D eigenvalue weighted by Gasteiger charge is 2.06. The molecule has 4 nitrogen and oxygen atoms in total. The number of carbonyl (C=O) groups excluding carboxylic acids is 1. The normalized spacial score (nSPS) is 11.9. The van der Waals surface area contributed by atoms with Crippen LogP contribution in [0.3, 0.4) is 0 Å². The van der Waals surface area contributed by atoms with E-state index in [4.69, 9.17) is 5.11 Å². The van der Waals surface area contributed by atoms with Crippen molar-refractivity contribution in [2.24, 2.45) is 0 Å². The molecule has 88 valence electrons. The molecule has 0 heterocycles. The van der Waals surface area contributed by atoms with Gasteiger partial charge in [0.25, 0.3) is 0 Å². The van der Waals surface area contributed by atoms with Crippen molar-refractivity contribution in [3.8, 4) is 5.75 Å². The summed E-state index contributed by atoms with van der Waals surface area (Å²) in [4.78, 5) is 11.2. The van der Waals surface area contributed by atoms with Gasteiger partial charge in [0.1, 0.15) is 5.75 Å². The van der Waals surface area contributed by atoms with E-state index in [9.17, 15) is 4.79 Å². The van der Waals surface area contributed by atoms with Gasteiger partial charge in [0, 0.05) is 12.6 Å². The average Bonchev–Trinajstić information content (AvgIpc) is 2.21. The van der Waals surface area contributed by atoms with Crippen LogP contribution in [0.5, 0.6) is 5.75 Å². The molecular weight excluding hydrogens is 204 g/mol. The Balaban J connectivity index is 2.42. The molecular formula is C12H18N2O2. The van der Waals surface area contributed by atoms with Gasteiger partial charge in [0.05, 0.1) is 0 Å². The van der Waals surface area contributed by atoms with E-state index < -0.39 is 0 Å². The number of rotatable bonds is 4. The molecule has 0 saturated carbocycles. The van der Waals surface area contributed by atoms with E-state index in [1.165, 1.54) is 0 Å². The van der Waals surface area contributed by atoms with Crippen LogP contribution in [0.1, 0.15) is 19.4 Å². The number of benzene rings is 1. The summed E-state index contributed by atoms with van der Waals surface area (Å²) >= 11 is 0. The van der Waals surface area contributed by atoms with Gasteiger partial charge in [-0.3, -0.25) is 0 Å². The van der Waals surface area contributed by atoms with Crippen LogP contribution in [-0.2, 0) is 6.42 Å². The summed E-state index contributed by atoms with van der Waals surface area (Å²) in [7, 11) is 0. The van der Waals surface area contributed by atoms with E-state index in [0.29, 0.717) is 6.54 Å². The molecule has 1 unspecified atom stereocenters. The molecule has 0 aliphatic carbocycles. The predicted molar refractivity (Wildman–Crippen MR) is 63.5 cm³/mol. The lowest BCUT2D eigenvalue weighted by molar-refractivity contribution is 0.238. The van der Waals surface area contributed by atoms with E-state index in [2.05, 4.69) is 10.6 Å². The van der Waals surface area contributed by atoms with Crippen molar-refractivity contribution in [2.75, 3.05) is 6.54 Å². The number of amides is 2. The monoisotopic (exact) mass is 222 g/mol. The first kappa shape index (κ1) is 12.4. The minimum atomic E-state index is -0.145. The Kier molecular flexibility index (Phi) is 4.64. The fourth-order valence-electron chi connectivity index (χ4n) is 1.47. The molecule has 1 aromatic rings. The minimum Gasteiger partial charge on any atom is -0.508 e. The van der Waals surface area contributed by atoms with Gasteiger partial charge >= 0.3 is 6.03 Å². The number of nitrogens with one attached hydrogen (secondary N) is 2. The molecule has 0 aliphatic heterocycles. The molecule has 4 heteroatoms. The third kappa shape index (κ3) is 4.21. The number of phenolic OH excluding ortho intramolecular Hbond substituents is 1. The molecule has 0 aliphatic rings. The standard InChI is InChI=1S/C12H18N2O2/c1-3-13-12(16)14-9(2)8-10-4-6-11(15)7-5-10/h4-7,9,15H,3,8H2,1-2H3,(H2,13,14,16). The number of hydrogen-bond acceptors (Lipinski definition) is 2. The van der Waals surface area contributed by atoms with E-state index >= 15 is 0 Å². The van der Waals surface area contributed by atoms with Gasteiger partial charge in [-0.05, 0) is 38.0 Å². The first-order valence-corrected chi connectivity index (χ1v) is 5.44. The molecule has 3 N–H and O–H groups in total. The molecule has 1 atom stereocenters. The van der Waals surface area contributed by atoms with Crippen LogP contribution in [-0.4, -0.2) is 23.7 Å². The molecule has 0 bridgehead atoms. The average molecular weight is 222 g/mol. The first-order chi connectivity index (χ1) is 7.61. The highest BCUT2D eigenvalue weighted by Crippen LogP contribution is 2.11. The second kappa shape index (κ2) is 6.00. The minimum absolute atomic E-state index is 0.0658. The quantitative estimate of drug-likeness (QED) is 0.725. The summed E-state index contributed by atoms with van der Waals surface area (Å²) in [5, 5.41) is 14.6. The van der Waals surface area contributed by atoms with Crippen LogP contribution in [0.4, 0.5) is 4.79 Å². The zero-order chi connectivity index (χ0) is 12.0. The topological polar surface area (TPSA) is 61.4 Å². The van der Waals surface area contributed by atoms with Crippen molar-refractivity contribution in [3.05, 3.63) is 29.8 Å². The molecule has 16 heavy (non-hydrogen) atoms. The summed E-state index contributed by atoms with van der Waals surface area (Å²) in [6.45, 7) is 4.45. The van der Waals surface area contributed by atoms with Crippen molar-refractivity contribution >= 4 is 6.03 Å². The van der Waals surface area contributed by atoms with Crippen LogP contribution < -0.4 is 10.6 Å². The predicted octanol–water partition coefficient (Wildman–Crippen LogP) is 1.64. The fraction of sp³-hybridized carbons (Fsp3) is 0.417. The molecule has 1 rings (SSSR count). The first-order valence-electron chi connectivity index (χ1n) is 5.44. The van der Waals surface area contributed by atoms with Crippen LogP contribution >= 0.6 is 0 Å². The van der Waals surface area contributed by atoms with Gasteiger partial charge in [-0.2, -0.15) is 0 Å². The SMILES string of the molecule is CCNC(=O)NC(C)Cc1ccc(O)cc1. The highest BCUT2D eigenvalue weighted by atomic mass is 16.3. The van der Waals surface area contributed by atoms with Gasteiger partial charge in [0.2, 0.25) is 0 Å². The Morgan fingerprint density at radius 3 is 2.56 bits per heavy atom. The van der Waals surface area contributed by atoms with Gasteiger partial charge in [-0.25, -0.2) is 4.79 Å². The van der Waals surface area contributed by atoms with Crippen LogP contribution in [0.15, 0.2) is 24.3 Å². The third-order valence-electron chi connectivity index (χ3n) is 2.19. The third-order valence-corrected chi connectivity index (χ3v) is 2.19. The lowest BCUT2D eigenvalue weighted by atomic mass is 10.1. The van der Waals surface area contributed by atoms with Crippen molar-refractivity contribution in [1.82, 2.24) is 10.6 Å². The van der Waals surface area contributed by atoms with Gasteiger partial charge in [-0.15, -0.1) is 0 Å². The zero-order valence-electron chi connectivity index (χ0n) is 9.66. The van der Waals surface area contributed by atoms with Crippen molar-refractivity contribution in [1.29, 1.82) is 0 Å². The van der Waals surface area contributed by atoms with Crippen LogP contribution in [0.2, 0.25) is 0 Å². The van der Waals surface area contributed by atoms with E-state index in [1.54, 1.807) is 12.1 Å². The number of urea groups is 1. The number of phenols is 1. The Labute approximate surface area is 95.7 Å². The Hall–Kier alpha value is -1.71. The molecule has 2 amide bonds. The van der Waals surface area contributed by atoms with E-state index in [-0.39, 0.29) is 17.8 Å². The second-order valence-electron chi connectivity index (χ2n) is 3.78. The van der Waals surface area contributed by atoms with Crippen LogP contribution in [0, 0.1) is 0 Å². The summed E-state index contributed by atoms with van der Waals surface area (Å²) < 4.78 is 0. The van der Waals surface area contributed by atoms with Gasteiger partial charge < -0.3 is 15.7 Å². The summed E-state index contributed by atoms with van der Waals surface area (Å²) in [5.74, 6) is 0.257. The van der Waals surface area contributed by atoms with Crippen molar-refractivity contribution < 1.29 is 9.90 Å². The molecule has 1 aromatic carbocycles. The summed E-state index contributed by atoms with van der Waals surface area (Å²) in [5.41, 5.74) is 1.09. The van der Waals surface area contributed by atoms with Gasteiger partial charge in [-0.1, -0.05) is 12.1 Å². The maximum atomic E-state index is 11.2. The fourth-order valence-corrected chi connectivity index (χ4v) is 1.47. The maximum Gasteiger partial charge on any atom is 0.314 e. The Bertz CT molecular complexity index is 335. The Morgan fingerprint density at radius 1 is 1.38 bits per heavy atom. The molecule has 0 radical (unpaired) electrons. The largest absolute Gasteiger partial charge is 0.508 e. The number of hydrogen-bond donors (Lipinski definition) is 3. The molecule has 0 fully saturated rings. The smallest absolute Gasteiger partial charge is 0.314 e. The molecule has 0 aromatic heterocycles. The number of aromatic hydroxyl groups is 1. The van der Waals surface area contributed by atoms with Gasteiger partial charge in [0.15, 0.2) is 0 Å². The lowest BCUT2D eigenvalue weighted by Gasteiger charge is -2.14. The van der Waals surface area contributed by atoms with Crippen LogP contribution in [0.25, 0.3) is 0 Å². The number of carbonyl (C=O) groups is 1. The molecule has 0 spiro atoms. The second-order valence-corrected chi connectivity index (χ2v) is 3.78.